The molecule has 1 atom stereocenters. The van der Waals surface area contributed by atoms with Crippen LogP contribution in [0.4, 0.5) is 0 Å². The lowest BCUT2D eigenvalue weighted by molar-refractivity contribution is 0.188. The van der Waals surface area contributed by atoms with E-state index in [-0.39, 0.29) is 6.61 Å². The van der Waals surface area contributed by atoms with Crippen molar-refractivity contribution in [1.29, 1.82) is 0 Å². The lowest BCUT2D eigenvalue weighted by atomic mass is 10.1. The number of aliphatic hydroxyl groups is 2. The molecular formula is C19H42NO2. The molecule has 0 aromatic heterocycles. The maximum absolute atomic E-state index is 8.46. The van der Waals surface area contributed by atoms with Gasteiger partial charge >= 0.3 is 0 Å². The third-order valence-electron chi connectivity index (χ3n) is 3.65. The van der Waals surface area contributed by atoms with Gasteiger partial charge in [0.05, 0.1) is 6.10 Å². The van der Waals surface area contributed by atoms with E-state index >= 15 is 0 Å². The Labute approximate surface area is 140 Å². The molecule has 1 radical (unpaired) electrons. The largest absolute Gasteiger partial charge is 0.396 e. The van der Waals surface area contributed by atoms with Crippen LogP contribution in [0.2, 0.25) is 0 Å². The van der Waals surface area contributed by atoms with Crippen molar-refractivity contribution in [3.8, 4) is 0 Å². The number of nitrogens with zero attached hydrogens (tertiary/aromatic N) is 1. The Balaban J connectivity index is 0. The molecule has 0 aliphatic heterocycles. The number of rotatable bonds is 14. The van der Waals surface area contributed by atoms with Crippen molar-refractivity contribution in [1.82, 2.24) is 4.90 Å². The molecule has 22 heavy (non-hydrogen) atoms. The number of hydrogen-bond acceptors (Lipinski definition) is 3. The minimum absolute atomic E-state index is 0.145. The summed E-state index contributed by atoms with van der Waals surface area (Å²) in [4.78, 5) is 2.28. The Bertz CT molecular complexity index is 184. The van der Waals surface area contributed by atoms with Gasteiger partial charge in [-0.15, -0.1) is 0 Å². The van der Waals surface area contributed by atoms with Crippen LogP contribution in [0.25, 0.3) is 0 Å². The van der Waals surface area contributed by atoms with E-state index in [1.165, 1.54) is 70.8 Å². The molecule has 0 aliphatic carbocycles. The monoisotopic (exact) mass is 316 g/mol. The Kier molecular flexibility index (Phi) is 22.9. The third-order valence-corrected chi connectivity index (χ3v) is 3.65. The normalized spacial score (nSPS) is 12.1. The summed E-state index contributed by atoms with van der Waals surface area (Å²) < 4.78 is 0. The average Bonchev–Trinajstić information content (AvgIpc) is 2.47. The number of aliphatic hydroxyl groups excluding tert-OH is 2. The minimum Gasteiger partial charge on any atom is -0.396 e. The highest BCUT2D eigenvalue weighted by atomic mass is 16.3. The van der Waals surface area contributed by atoms with Crippen molar-refractivity contribution in [3.63, 3.8) is 0 Å². The van der Waals surface area contributed by atoms with Crippen LogP contribution in [0.5, 0.6) is 0 Å². The van der Waals surface area contributed by atoms with E-state index in [2.05, 4.69) is 32.8 Å². The highest BCUT2D eigenvalue weighted by Crippen LogP contribution is 2.10. The SMILES string of the molecule is CCCCCCCCCCCCN(C)C.[CH2]C(O)CCCO. The van der Waals surface area contributed by atoms with Gasteiger partial charge in [-0.05, 0) is 46.8 Å². The maximum atomic E-state index is 8.46. The van der Waals surface area contributed by atoms with Crippen molar-refractivity contribution < 1.29 is 10.2 Å². The van der Waals surface area contributed by atoms with E-state index in [1.54, 1.807) is 0 Å². The zero-order valence-electron chi connectivity index (χ0n) is 15.5. The highest BCUT2D eigenvalue weighted by Gasteiger charge is 1.93. The van der Waals surface area contributed by atoms with Crippen LogP contribution in [-0.2, 0) is 0 Å². The van der Waals surface area contributed by atoms with Gasteiger partial charge < -0.3 is 15.1 Å². The molecule has 0 spiro atoms. The van der Waals surface area contributed by atoms with Gasteiger partial charge in [-0.3, -0.25) is 0 Å². The van der Waals surface area contributed by atoms with Crippen molar-refractivity contribution in [3.05, 3.63) is 6.92 Å². The summed E-state index contributed by atoms with van der Waals surface area (Å²) in [6, 6.07) is 0. The molecule has 0 aromatic rings. The Morgan fingerprint density at radius 2 is 1.27 bits per heavy atom. The predicted octanol–water partition coefficient (Wildman–Crippen LogP) is 4.42. The summed E-state index contributed by atoms with van der Waals surface area (Å²) in [6.07, 6.45) is 15.1. The summed E-state index contributed by atoms with van der Waals surface area (Å²) in [5.74, 6) is 0. The first-order chi connectivity index (χ1) is 10.5. The highest BCUT2D eigenvalue weighted by molar-refractivity contribution is 4.54. The molecular weight excluding hydrogens is 274 g/mol. The lowest BCUT2D eigenvalue weighted by Crippen LogP contribution is -2.12. The summed E-state index contributed by atoms with van der Waals surface area (Å²) in [5, 5.41) is 16.6. The second-order valence-electron chi connectivity index (χ2n) is 6.50. The van der Waals surface area contributed by atoms with Crippen LogP contribution in [0.3, 0.4) is 0 Å². The van der Waals surface area contributed by atoms with Gasteiger partial charge in [0.2, 0.25) is 0 Å². The lowest BCUT2D eigenvalue weighted by Gasteiger charge is -2.08. The van der Waals surface area contributed by atoms with Crippen LogP contribution in [0.15, 0.2) is 0 Å². The van der Waals surface area contributed by atoms with Gasteiger partial charge in [0.15, 0.2) is 0 Å². The average molecular weight is 317 g/mol. The van der Waals surface area contributed by atoms with Gasteiger partial charge in [0.1, 0.15) is 0 Å². The standard InChI is InChI=1S/C14H31N.C5H11O2/c1-4-5-6-7-8-9-10-11-12-13-14-15(2)3;1-5(7)3-2-4-6/h4-14H2,1-3H3;5-7H,1-4H2. The Morgan fingerprint density at radius 3 is 1.59 bits per heavy atom. The van der Waals surface area contributed by atoms with Gasteiger partial charge in [-0.1, -0.05) is 64.7 Å². The molecule has 0 amide bonds. The Hall–Kier alpha value is -0.120. The molecule has 2 N–H and O–H groups in total. The van der Waals surface area contributed by atoms with Gasteiger partial charge in [-0.2, -0.15) is 0 Å². The smallest absolute Gasteiger partial charge is 0.0542 e. The van der Waals surface area contributed by atoms with Crippen LogP contribution >= 0.6 is 0 Å². The molecule has 0 fully saturated rings. The Morgan fingerprint density at radius 1 is 0.818 bits per heavy atom. The summed E-state index contributed by atoms with van der Waals surface area (Å²) in [7, 11) is 4.32. The molecule has 0 saturated heterocycles. The fraction of sp³-hybridized carbons (Fsp3) is 0.947. The fourth-order valence-electron chi connectivity index (χ4n) is 2.24. The van der Waals surface area contributed by atoms with Crippen LogP contribution < -0.4 is 0 Å². The molecule has 0 aromatic carbocycles. The van der Waals surface area contributed by atoms with Crippen LogP contribution in [-0.4, -0.2) is 48.5 Å². The molecule has 0 bridgehead atoms. The molecule has 0 heterocycles. The van der Waals surface area contributed by atoms with Crippen molar-refractivity contribution in [2.24, 2.45) is 0 Å². The van der Waals surface area contributed by atoms with Gasteiger partial charge in [-0.25, -0.2) is 0 Å². The van der Waals surface area contributed by atoms with Crippen LogP contribution in [0, 0.1) is 6.92 Å². The summed E-state index contributed by atoms with van der Waals surface area (Å²) in [6.45, 7) is 7.01. The molecule has 3 nitrogen and oxygen atoms in total. The third kappa shape index (κ3) is 28.1. The molecule has 3 heteroatoms. The molecule has 135 valence electrons. The molecule has 0 aliphatic rings. The van der Waals surface area contributed by atoms with Gasteiger partial charge in [0, 0.05) is 6.61 Å². The number of unbranched alkanes of at least 4 members (excludes halogenated alkanes) is 9. The fourth-order valence-corrected chi connectivity index (χ4v) is 2.24. The first kappa shape index (κ1) is 24.1. The second kappa shape index (κ2) is 20.9. The second-order valence-corrected chi connectivity index (χ2v) is 6.50. The molecule has 0 rings (SSSR count). The topological polar surface area (TPSA) is 43.7 Å². The quantitative estimate of drug-likeness (QED) is 0.466. The summed E-state index contributed by atoms with van der Waals surface area (Å²) in [5.41, 5.74) is 0. The minimum atomic E-state index is -0.507. The van der Waals surface area contributed by atoms with Crippen LogP contribution in [0.1, 0.15) is 84.0 Å². The number of hydrogen-bond donors (Lipinski definition) is 2. The van der Waals surface area contributed by atoms with E-state index in [0.29, 0.717) is 12.8 Å². The van der Waals surface area contributed by atoms with Crippen molar-refractivity contribution in [2.45, 2.75) is 90.1 Å². The molecule has 1 unspecified atom stereocenters. The van der Waals surface area contributed by atoms with Gasteiger partial charge in [0.25, 0.3) is 0 Å². The van der Waals surface area contributed by atoms with Crippen molar-refractivity contribution in [2.75, 3.05) is 27.2 Å². The van der Waals surface area contributed by atoms with Crippen molar-refractivity contribution >= 4 is 0 Å². The van der Waals surface area contributed by atoms with E-state index in [1.807, 2.05) is 0 Å². The summed E-state index contributed by atoms with van der Waals surface area (Å²) >= 11 is 0. The first-order valence-electron chi connectivity index (χ1n) is 9.31. The van der Waals surface area contributed by atoms with E-state index in [4.69, 9.17) is 10.2 Å². The first-order valence-corrected chi connectivity index (χ1v) is 9.31. The van der Waals surface area contributed by atoms with E-state index in [9.17, 15) is 0 Å². The zero-order valence-corrected chi connectivity index (χ0v) is 15.5. The van der Waals surface area contributed by atoms with E-state index in [0.717, 1.165) is 0 Å². The van der Waals surface area contributed by atoms with E-state index < -0.39 is 6.10 Å². The molecule has 0 saturated carbocycles. The predicted molar refractivity (Wildman–Crippen MR) is 98.1 cm³/mol. The maximum Gasteiger partial charge on any atom is 0.0542 e. The zero-order chi connectivity index (χ0) is 17.1.